The van der Waals surface area contributed by atoms with Gasteiger partial charge >= 0.3 is 0 Å². The Balaban J connectivity index is 1.82. The average Bonchev–Trinajstić information content (AvgIpc) is 3.02. The van der Waals surface area contributed by atoms with Gasteiger partial charge in [0.2, 0.25) is 0 Å². The summed E-state index contributed by atoms with van der Waals surface area (Å²) in [6.07, 6.45) is 1.19. The quantitative estimate of drug-likeness (QED) is 0.775. The van der Waals surface area contributed by atoms with Crippen LogP contribution in [0.2, 0.25) is 0 Å². The second-order valence-electron chi connectivity index (χ2n) is 5.44. The first-order chi connectivity index (χ1) is 7.89. The van der Waals surface area contributed by atoms with E-state index in [1.807, 2.05) is 0 Å². The molecule has 1 amide bonds. The third kappa shape index (κ3) is 3.18. The van der Waals surface area contributed by atoms with Crippen LogP contribution in [0.3, 0.4) is 0 Å². The molecule has 1 unspecified atom stereocenters. The zero-order chi connectivity index (χ0) is 12.6. The maximum Gasteiger partial charge on any atom is 0.254 e. The maximum absolute atomic E-state index is 12.0. The number of likely N-dealkylation sites (N-methyl/N-ethyl adjacent to an activating group) is 1. The molecule has 0 spiro atoms. The Labute approximate surface area is 102 Å². The number of aliphatic hydroxyl groups is 1. The Kier molecular flexibility index (Phi) is 3.43. The largest absolute Gasteiger partial charge is 0.391 e. The maximum atomic E-state index is 12.0. The van der Waals surface area contributed by atoms with E-state index >= 15 is 0 Å². The molecule has 0 aromatic heterocycles. The van der Waals surface area contributed by atoms with Crippen LogP contribution < -0.4 is 0 Å². The van der Waals surface area contributed by atoms with E-state index in [-0.39, 0.29) is 12.5 Å². The molecule has 2 fully saturated rings. The number of nitrogens with zero attached hydrogens (tertiary/aromatic N) is 1. The number of amides is 1. The lowest BCUT2D eigenvalue weighted by Crippen LogP contribution is -2.42. The molecule has 0 aromatic rings. The van der Waals surface area contributed by atoms with Crippen molar-refractivity contribution in [1.82, 2.24) is 4.90 Å². The smallest absolute Gasteiger partial charge is 0.254 e. The number of aliphatic hydroxyl groups excluding tert-OH is 1. The van der Waals surface area contributed by atoms with Gasteiger partial charge in [0.25, 0.3) is 5.91 Å². The van der Waals surface area contributed by atoms with Crippen LogP contribution in [0.15, 0.2) is 0 Å². The summed E-state index contributed by atoms with van der Waals surface area (Å²) >= 11 is 0. The summed E-state index contributed by atoms with van der Waals surface area (Å²) in [6.45, 7) is 4.25. The fourth-order valence-electron chi connectivity index (χ4n) is 2.06. The molecule has 1 saturated carbocycles. The van der Waals surface area contributed by atoms with Crippen molar-refractivity contribution in [3.8, 4) is 0 Å². The van der Waals surface area contributed by atoms with Crippen LogP contribution in [0.1, 0.15) is 26.7 Å². The number of ether oxygens (including phenoxy) is 2. The first kappa shape index (κ1) is 12.8. The Morgan fingerprint density at radius 2 is 2.18 bits per heavy atom. The predicted octanol–water partition coefficient (Wildman–Crippen LogP) is 0.367. The number of hydrogen-bond acceptors (Lipinski definition) is 4. The predicted molar refractivity (Wildman–Crippen MR) is 61.3 cm³/mol. The first-order valence-corrected chi connectivity index (χ1v) is 6.14. The van der Waals surface area contributed by atoms with Gasteiger partial charge in [0.15, 0.2) is 11.9 Å². The van der Waals surface area contributed by atoms with Gasteiger partial charge in [-0.1, -0.05) is 0 Å². The van der Waals surface area contributed by atoms with E-state index in [4.69, 9.17) is 9.47 Å². The summed E-state index contributed by atoms with van der Waals surface area (Å²) in [7, 11) is 1.70. The van der Waals surface area contributed by atoms with Gasteiger partial charge in [-0.25, -0.2) is 0 Å². The monoisotopic (exact) mass is 243 g/mol. The molecule has 1 N–H and O–H groups in total. The fourth-order valence-corrected chi connectivity index (χ4v) is 2.06. The Morgan fingerprint density at radius 3 is 2.65 bits per heavy atom. The summed E-state index contributed by atoms with van der Waals surface area (Å²) in [5.74, 6) is -0.422. The van der Waals surface area contributed by atoms with E-state index in [1.54, 1.807) is 25.8 Å². The van der Waals surface area contributed by atoms with Crippen molar-refractivity contribution in [1.29, 1.82) is 0 Å². The van der Waals surface area contributed by atoms with Crippen molar-refractivity contribution in [2.24, 2.45) is 5.92 Å². The van der Waals surface area contributed by atoms with E-state index in [0.29, 0.717) is 12.5 Å². The second kappa shape index (κ2) is 4.55. The summed E-state index contributed by atoms with van der Waals surface area (Å²) in [6, 6.07) is 0. The summed E-state index contributed by atoms with van der Waals surface area (Å²) in [5, 5.41) is 9.79. The molecule has 1 aliphatic carbocycles. The van der Waals surface area contributed by atoms with Crippen molar-refractivity contribution >= 4 is 5.91 Å². The summed E-state index contributed by atoms with van der Waals surface area (Å²) < 4.78 is 10.9. The second-order valence-corrected chi connectivity index (χ2v) is 5.44. The third-order valence-corrected chi connectivity index (χ3v) is 3.29. The lowest BCUT2D eigenvalue weighted by molar-refractivity contribution is -0.160. The van der Waals surface area contributed by atoms with Gasteiger partial charge in [0.1, 0.15) is 0 Å². The van der Waals surface area contributed by atoms with Crippen LogP contribution in [0.5, 0.6) is 0 Å². The third-order valence-electron chi connectivity index (χ3n) is 3.29. The van der Waals surface area contributed by atoms with Crippen LogP contribution in [-0.4, -0.2) is 54.1 Å². The molecule has 2 atom stereocenters. The Hall–Kier alpha value is -0.650. The minimum Gasteiger partial charge on any atom is -0.391 e. The van der Waals surface area contributed by atoms with Gasteiger partial charge < -0.3 is 19.5 Å². The van der Waals surface area contributed by atoms with Crippen LogP contribution in [0.25, 0.3) is 0 Å². The molecule has 98 valence electrons. The molecular weight excluding hydrogens is 222 g/mol. The highest BCUT2D eigenvalue weighted by Gasteiger charge is 2.39. The molecule has 2 aliphatic rings. The highest BCUT2D eigenvalue weighted by Crippen LogP contribution is 2.33. The lowest BCUT2D eigenvalue weighted by atomic mass is 10.2. The fraction of sp³-hybridized carbons (Fsp3) is 0.917. The molecule has 17 heavy (non-hydrogen) atoms. The van der Waals surface area contributed by atoms with Crippen molar-refractivity contribution in [3.63, 3.8) is 0 Å². The highest BCUT2D eigenvalue weighted by atomic mass is 16.7. The Morgan fingerprint density at radius 1 is 1.53 bits per heavy atom. The average molecular weight is 243 g/mol. The van der Waals surface area contributed by atoms with E-state index < -0.39 is 18.0 Å². The molecule has 1 saturated heterocycles. The van der Waals surface area contributed by atoms with Crippen LogP contribution in [0.4, 0.5) is 0 Å². The molecule has 0 bridgehead atoms. The molecule has 1 heterocycles. The van der Waals surface area contributed by atoms with Gasteiger partial charge in [-0.2, -0.15) is 0 Å². The normalized spacial score (nSPS) is 29.1. The first-order valence-electron chi connectivity index (χ1n) is 6.14. The Bertz CT molecular complexity index is 301. The van der Waals surface area contributed by atoms with E-state index in [9.17, 15) is 9.90 Å². The van der Waals surface area contributed by atoms with Crippen LogP contribution in [-0.2, 0) is 14.3 Å². The van der Waals surface area contributed by atoms with Gasteiger partial charge in [0, 0.05) is 13.6 Å². The number of hydrogen-bond donors (Lipinski definition) is 1. The van der Waals surface area contributed by atoms with E-state index in [0.717, 1.165) is 12.8 Å². The molecular formula is C12H21NO4. The van der Waals surface area contributed by atoms with E-state index in [2.05, 4.69) is 0 Å². The van der Waals surface area contributed by atoms with Crippen molar-refractivity contribution in [2.45, 2.75) is 44.7 Å². The molecule has 2 rings (SSSR count). The zero-order valence-electron chi connectivity index (χ0n) is 10.7. The summed E-state index contributed by atoms with van der Waals surface area (Å²) in [4.78, 5) is 13.6. The molecule has 0 radical (unpaired) electrons. The number of rotatable bonds is 4. The number of carbonyl (C=O) groups excluding carboxylic acids is 1. The topological polar surface area (TPSA) is 59.0 Å². The zero-order valence-corrected chi connectivity index (χ0v) is 10.7. The van der Waals surface area contributed by atoms with Crippen molar-refractivity contribution < 1.29 is 19.4 Å². The molecule has 1 aliphatic heterocycles. The van der Waals surface area contributed by atoms with Gasteiger partial charge in [-0.15, -0.1) is 0 Å². The minimum absolute atomic E-state index is 0.115. The van der Waals surface area contributed by atoms with Gasteiger partial charge in [-0.05, 0) is 32.6 Å². The van der Waals surface area contributed by atoms with Crippen LogP contribution >= 0.6 is 0 Å². The highest BCUT2D eigenvalue weighted by molar-refractivity contribution is 5.81. The van der Waals surface area contributed by atoms with Crippen LogP contribution in [0, 0.1) is 5.92 Å². The van der Waals surface area contributed by atoms with Crippen molar-refractivity contribution in [3.05, 3.63) is 0 Å². The number of carbonyl (C=O) groups is 1. The van der Waals surface area contributed by atoms with Crippen molar-refractivity contribution in [2.75, 3.05) is 20.2 Å². The molecule has 0 aromatic carbocycles. The van der Waals surface area contributed by atoms with Gasteiger partial charge in [0.05, 0.1) is 12.7 Å². The van der Waals surface area contributed by atoms with Gasteiger partial charge in [-0.3, -0.25) is 4.79 Å². The molecule has 5 heteroatoms. The summed E-state index contributed by atoms with van der Waals surface area (Å²) in [5.41, 5.74) is 0. The lowest BCUT2D eigenvalue weighted by Gasteiger charge is -2.24. The van der Waals surface area contributed by atoms with E-state index in [1.165, 1.54) is 0 Å². The standard InChI is InChI=1S/C12H21NO4/c1-12(2)16-7-10(17-12)11(15)13(3)6-9(14)8-4-5-8/h8-10,14H,4-7H2,1-3H3/t9?,10-/m0/s1. The molecule has 5 nitrogen and oxygen atoms in total. The SMILES string of the molecule is CN(CC(O)C1CC1)C(=O)[C@@H]1COC(C)(C)O1. The minimum atomic E-state index is -0.684.